The summed E-state index contributed by atoms with van der Waals surface area (Å²) in [5.74, 6) is 0.705. The van der Waals surface area contributed by atoms with Gasteiger partial charge in [-0.15, -0.1) is 0 Å². The molecule has 0 N–H and O–H groups in total. The van der Waals surface area contributed by atoms with E-state index >= 15 is 0 Å². The van der Waals surface area contributed by atoms with Gasteiger partial charge in [-0.3, -0.25) is 4.79 Å². The maximum atomic E-state index is 14.6. The van der Waals surface area contributed by atoms with Gasteiger partial charge in [-0.25, -0.2) is 0 Å². The number of para-hydroxylation sites is 1. The Bertz CT molecular complexity index is 1510. The van der Waals surface area contributed by atoms with Crippen LogP contribution in [0.25, 0.3) is 5.57 Å². The predicted molar refractivity (Wildman–Crippen MR) is 142 cm³/mol. The number of anilines is 1. The van der Waals surface area contributed by atoms with Crippen molar-refractivity contribution in [1.29, 1.82) is 5.26 Å². The van der Waals surface area contributed by atoms with Crippen molar-refractivity contribution in [1.82, 2.24) is 0 Å². The number of unbranched alkanes of at least 4 members (excludes halogenated alkanes) is 1. The van der Waals surface area contributed by atoms with Crippen molar-refractivity contribution in [3.63, 3.8) is 0 Å². The molecule has 4 heteroatoms. The van der Waals surface area contributed by atoms with Crippen LogP contribution in [0.1, 0.15) is 53.7 Å². The monoisotopic (exact) mass is 472 g/mol. The zero-order valence-corrected chi connectivity index (χ0v) is 20.8. The number of carbonyl (C=O) groups is 1. The molecule has 0 radical (unpaired) electrons. The zero-order valence-electron chi connectivity index (χ0n) is 20.8. The summed E-state index contributed by atoms with van der Waals surface area (Å²) in [5.41, 5.74) is 7.03. The number of hydrogen-bond donors (Lipinski definition) is 0. The molecule has 0 bridgehead atoms. The van der Waals surface area contributed by atoms with Crippen LogP contribution in [0, 0.1) is 25.2 Å². The first-order chi connectivity index (χ1) is 17.5. The van der Waals surface area contributed by atoms with Gasteiger partial charge in [0, 0.05) is 28.9 Å². The van der Waals surface area contributed by atoms with E-state index in [1.54, 1.807) is 0 Å². The van der Waals surface area contributed by atoms with Gasteiger partial charge in [0.2, 0.25) is 5.91 Å². The number of fused-ring (bicyclic) bond motifs is 5. The lowest BCUT2D eigenvalue weighted by atomic mass is 9.68. The summed E-state index contributed by atoms with van der Waals surface area (Å²) in [7, 11) is 0. The van der Waals surface area contributed by atoms with Gasteiger partial charge in [-0.1, -0.05) is 79.1 Å². The number of nitrogens with zero attached hydrogens (tertiary/aromatic N) is 2. The first-order valence-corrected chi connectivity index (χ1v) is 12.6. The van der Waals surface area contributed by atoms with Crippen LogP contribution in [-0.2, 0) is 10.2 Å². The van der Waals surface area contributed by atoms with Gasteiger partial charge in [0.05, 0.1) is 11.6 Å². The minimum absolute atomic E-state index is 0.0336. The van der Waals surface area contributed by atoms with Crippen molar-refractivity contribution in [2.45, 2.75) is 45.1 Å². The van der Waals surface area contributed by atoms with Crippen LogP contribution in [-0.4, -0.2) is 12.5 Å². The molecular weight excluding hydrogens is 444 g/mol. The predicted octanol–water partition coefficient (Wildman–Crippen LogP) is 6.74. The highest BCUT2D eigenvalue weighted by Gasteiger charge is 2.61. The molecule has 1 amide bonds. The average molecular weight is 473 g/mol. The normalized spacial score (nSPS) is 21.6. The number of nitriles is 1. The number of carbonyl (C=O) groups excluding carboxylic acids is 1. The minimum Gasteiger partial charge on any atom is -0.480 e. The summed E-state index contributed by atoms with van der Waals surface area (Å²) in [6.07, 6.45) is 3.41. The number of hydrogen-bond acceptors (Lipinski definition) is 3. The number of aryl methyl sites for hydroxylation is 2. The lowest BCUT2D eigenvalue weighted by Gasteiger charge is -2.34. The third-order valence-electron chi connectivity index (χ3n) is 7.70. The number of amides is 1. The van der Waals surface area contributed by atoms with Crippen LogP contribution >= 0.6 is 0 Å². The fourth-order valence-corrected chi connectivity index (χ4v) is 5.98. The second-order valence-electron chi connectivity index (χ2n) is 9.99. The van der Waals surface area contributed by atoms with Gasteiger partial charge in [0.25, 0.3) is 0 Å². The maximum absolute atomic E-state index is 14.6. The summed E-state index contributed by atoms with van der Waals surface area (Å²) in [4.78, 5) is 16.5. The van der Waals surface area contributed by atoms with Crippen LogP contribution in [0.4, 0.5) is 5.69 Å². The molecule has 3 aromatic carbocycles. The smallest absolute Gasteiger partial charge is 0.247 e. The summed E-state index contributed by atoms with van der Waals surface area (Å²) in [5, 5.41) is 10.5. The van der Waals surface area contributed by atoms with E-state index in [1.807, 2.05) is 48.2 Å². The molecule has 2 aliphatic heterocycles. The highest BCUT2D eigenvalue weighted by molar-refractivity contribution is 6.21. The standard InChI is InChI=1S/C32H28N2O2/c1-4-5-16-34-27-15-12-21(3)17-26(27)32(31(34)35)23(19-33)18-25-29(32)24-8-6-7-9-28(24)36-30(25)22-13-10-20(2)11-14-22/h6-15,17-18,30H,4-5,16H2,1-3H3. The zero-order chi connectivity index (χ0) is 25.0. The van der Waals surface area contributed by atoms with Gasteiger partial charge in [-0.2, -0.15) is 5.26 Å². The van der Waals surface area contributed by atoms with Crippen molar-refractivity contribution in [2.24, 2.45) is 0 Å². The number of ether oxygens (including phenoxy) is 1. The molecule has 0 aromatic heterocycles. The summed E-state index contributed by atoms with van der Waals surface area (Å²) >= 11 is 0. The lowest BCUT2D eigenvalue weighted by molar-refractivity contribution is -0.120. The van der Waals surface area contributed by atoms with E-state index in [0.29, 0.717) is 12.1 Å². The Hall–Kier alpha value is -4.10. The Morgan fingerprint density at radius 2 is 1.78 bits per heavy atom. The molecule has 4 nitrogen and oxygen atoms in total. The van der Waals surface area contributed by atoms with E-state index in [0.717, 1.165) is 57.7 Å². The molecule has 3 aromatic rings. The molecule has 6 rings (SSSR count). The second-order valence-corrected chi connectivity index (χ2v) is 9.99. The summed E-state index contributed by atoms with van der Waals surface area (Å²) in [6.45, 7) is 6.86. The van der Waals surface area contributed by atoms with Crippen molar-refractivity contribution in [2.75, 3.05) is 11.4 Å². The van der Waals surface area contributed by atoms with Gasteiger partial charge in [-0.05, 0) is 49.6 Å². The Balaban J connectivity index is 1.67. The van der Waals surface area contributed by atoms with Crippen molar-refractivity contribution < 1.29 is 9.53 Å². The van der Waals surface area contributed by atoms with Crippen LogP contribution in [0.15, 0.2) is 84.0 Å². The van der Waals surface area contributed by atoms with Crippen molar-refractivity contribution in [3.8, 4) is 11.8 Å². The first kappa shape index (κ1) is 22.4. The molecule has 2 atom stereocenters. The molecule has 2 heterocycles. The lowest BCUT2D eigenvalue weighted by Crippen LogP contribution is -2.42. The average Bonchev–Trinajstić information content (AvgIpc) is 3.36. The van der Waals surface area contributed by atoms with Gasteiger partial charge >= 0.3 is 0 Å². The third-order valence-corrected chi connectivity index (χ3v) is 7.70. The SMILES string of the molecule is CCCCN1C(=O)C2(C(C#N)=CC3=C2c2ccccc2OC3c2ccc(C)cc2)c2cc(C)ccc21. The van der Waals surface area contributed by atoms with E-state index in [1.165, 1.54) is 5.56 Å². The maximum Gasteiger partial charge on any atom is 0.247 e. The summed E-state index contributed by atoms with van der Waals surface area (Å²) < 4.78 is 6.57. The largest absolute Gasteiger partial charge is 0.480 e. The third kappa shape index (κ3) is 2.96. The van der Waals surface area contributed by atoms with Crippen molar-refractivity contribution >= 4 is 17.2 Å². The van der Waals surface area contributed by atoms with E-state index in [2.05, 4.69) is 56.3 Å². The fraction of sp³-hybridized carbons (Fsp3) is 0.250. The summed E-state index contributed by atoms with van der Waals surface area (Å²) in [6, 6.07) is 24.9. The molecule has 178 valence electrons. The highest BCUT2D eigenvalue weighted by atomic mass is 16.5. The Morgan fingerprint density at radius 3 is 2.53 bits per heavy atom. The van der Waals surface area contributed by atoms with Gasteiger partial charge in [0.1, 0.15) is 17.3 Å². The van der Waals surface area contributed by atoms with Crippen LogP contribution in [0.3, 0.4) is 0 Å². The van der Waals surface area contributed by atoms with E-state index < -0.39 is 11.5 Å². The van der Waals surface area contributed by atoms with Crippen LogP contribution in [0.2, 0.25) is 0 Å². The molecule has 1 aliphatic carbocycles. The Labute approximate surface area is 212 Å². The van der Waals surface area contributed by atoms with E-state index in [9.17, 15) is 10.1 Å². The van der Waals surface area contributed by atoms with E-state index in [4.69, 9.17) is 4.74 Å². The molecule has 36 heavy (non-hydrogen) atoms. The molecular formula is C32H28N2O2. The van der Waals surface area contributed by atoms with E-state index in [-0.39, 0.29) is 5.91 Å². The first-order valence-electron chi connectivity index (χ1n) is 12.6. The highest BCUT2D eigenvalue weighted by Crippen LogP contribution is 2.62. The number of benzene rings is 3. The fourth-order valence-electron chi connectivity index (χ4n) is 5.98. The van der Waals surface area contributed by atoms with Crippen LogP contribution < -0.4 is 9.64 Å². The molecule has 1 spiro atoms. The Morgan fingerprint density at radius 1 is 1.03 bits per heavy atom. The molecule has 0 saturated heterocycles. The Kier molecular flexibility index (Phi) is 5.12. The molecule has 0 fully saturated rings. The second kappa shape index (κ2) is 8.24. The van der Waals surface area contributed by atoms with Crippen molar-refractivity contribution in [3.05, 3.63) is 112 Å². The van der Waals surface area contributed by atoms with Crippen LogP contribution in [0.5, 0.6) is 5.75 Å². The minimum atomic E-state index is -1.16. The quantitative estimate of drug-likeness (QED) is 0.423. The molecule has 3 aliphatic rings. The topological polar surface area (TPSA) is 53.3 Å². The molecule has 2 unspecified atom stereocenters. The number of rotatable bonds is 4. The van der Waals surface area contributed by atoms with Gasteiger partial charge in [0.15, 0.2) is 0 Å². The van der Waals surface area contributed by atoms with Gasteiger partial charge < -0.3 is 9.64 Å². The molecule has 0 saturated carbocycles.